The molecule has 0 bridgehead atoms. The minimum Gasteiger partial charge on any atom is -0.465 e. The molecule has 0 atom stereocenters. The first-order valence-corrected chi connectivity index (χ1v) is 11.3. The van der Waals surface area contributed by atoms with Crippen LogP contribution in [-0.4, -0.2) is 50.7 Å². The predicted octanol–water partition coefficient (Wildman–Crippen LogP) is 5.75. The first-order valence-electron chi connectivity index (χ1n) is 11.3. The van der Waals surface area contributed by atoms with Crippen molar-refractivity contribution in [1.29, 1.82) is 0 Å². The van der Waals surface area contributed by atoms with Crippen LogP contribution in [0, 0.1) is 10.8 Å². The second-order valence-electron chi connectivity index (χ2n) is 10.7. The van der Waals surface area contributed by atoms with Crippen molar-refractivity contribution in [1.82, 2.24) is 4.90 Å². The van der Waals surface area contributed by atoms with E-state index in [0.717, 1.165) is 26.2 Å². The first-order chi connectivity index (χ1) is 13.6. The summed E-state index contributed by atoms with van der Waals surface area (Å²) in [6, 6.07) is 6.25. The lowest BCUT2D eigenvalue weighted by Gasteiger charge is -2.46. The van der Waals surface area contributed by atoms with Crippen LogP contribution in [0.3, 0.4) is 0 Å². The Kier molecular flexibility index (Phi) is 8.26. The maximum absolute atomic E-state index is 12.3. The molecule has 1 saturated heterocycles. The molecule has 0 aromatic heterocycles. The molecule has 2 aliphatic rings. The Bertz CT molecular complexity index is 708. The Hall–Kier alpha value is -1.26. The van der Waals surface area contributed by atoms with E-state index in [1.807, 2.05) is 6.07 Å². The van der Waals surface area contributed by atoms with E-state index in [9.17, 15) is 4.79 Å². The van der Waals surface area contributed by atoms with Gasteiger partial charge in [0.15, 0.2) is 0 Å². The number of anilines is 1. The van der Waals surface area contributed by atoms with Crippen molar-refractivity contribution in [2.24, 2.45) is 10.8 Å². The maximum atomic E-state index is 12.3. The number of methoxy groups -OCH3 is 1. The van der Waals surface area contributed by atoms with E-state index in [1.54, 1.807) is 0 Å². The summed E-state index contributed by atoms with van der Waals surface area (Å²) in [5, 5.41) is 0. The number of nitrogens with zero attached hydrogens (tertiary/aromatic N) is 2. The van der Waals surface area contributed by atoms with Crippen LogP contribution in [0.1, 0.15) is 82.1 Å². The van der Waals surface area contributed by atoms with E-state index in [4.69, 9.17) is 4.74 Å². The average Bonchev–Trinajstić information content (AvgIpc) is 2.65. The van der Waals surface area contributed by atoms with Gasteiger partial charge in [0.25, 0.3) is 0 Å². The highest BCUT2D eigenvalue weighted by molar-refractivity contribution is 5.90. The molecule has 5 heteroatoms. The first kappa shape index (κ1) is 25.0. The summed E-state index contributed by atoms with van der Waals surface area (Å²) in [5.74, 6) is 0.238. The Morgan fingerprint density at radius 2 is 1.67 bits per heavy atom. The summed E-state index contributed by atoms with van der Waals surface area (Å²) < 4.78 is 5.03. The van der Waals surface area contributed by atoms with Gasteiger partial charge in [0.05, 0.1) is 12.7 Å². The van der Waals surface area contributed by atoms with Crippen LogP contribution in [0.4, 0.5) is 5.69 Å². The van der Waals surface area contributed by atoms with Crippen molar-refractivity contribution in [3.63, 3.8) is 0 Å². The summed E-state index contributed by atoms with van der Waals surface area (Å²) in [6.45, 7) is 17.4. The standard InChI is InChI=1S/C25H40N2O2.ClH/c1-7-10-26-11-13-27(14-12-26)22-9-8-19(23(28)29-6)15-21(22)20-16-24(2,3)18-25(4,5)17-20;/h8-9,15,20H,7,10-14,16-18H2,1-6H3;1H. The summed E-state index contributed by atoms with van der Waals surface area (Å²) in [7, 11) is 1.47. The normalized spacial score (nSPS) is 21.7. The molecule has 1 aromatic carbocycles. The molecule has 1 aliphatic heterocycles. The van der Waals surface area contributed by atoms with Crippen molar-refractivity contribution < 1.29 is 9.53 Å². The van der Waals surface area contributed by atoms with Crippen LogP contribution in [0.5, 0.6) is 0 Å². The molecule has 30 heavy (non-hydrogen) atoms. The third-order valence-electron chi connectivity index (χ3n) is 6.70. The average molecular weight is 437 g/mol. The molecule has 0 spiro atoms. The number of hydrogen-bond acceptors (Lipinski definition) is 4. The molecular weight excluding hydrogens is 396 g/mol. The molecule has 0 radical (unpaired) electrons. The number of rotatable bonds is 5. The Morgan fingerprint density at radius 1 is 1.07 bits per heavy atom. The van der Waals surface area contributed by atoms with Crippen molar-refractivity contribution in [2.75, 3.05) is 44.7 Å². The fourth-order valence-electron chi connectivity index (χ4n) is 6.01. The van der Waals surface area contributed by atoms with E-state index < -0.39 is 0 Å². The van der Waals surface area contributed by atoms with Crippen LogP contribution < -0.4 is 4.90 Å². The molecular formula is C25H41ClN2O2. The van der Waals surface area contributed by atoms with Crippen molar-refractivity contribution in [2.45, 2.75) is 66.2 Å². The Labute approximate surface area is 189 Å². The second kappa shape index (κ2) is 9.91. The van der Waals surface area contributed by atoms with Gasteiger partial charge in [-0.1, -0.05) is 34.6 Å². The zero-order valence-electron chi connectivity index (χ0n) is 19.8. The molecule has 1 saturated carbocycles. The fraction of sp³-hybridized carbons (Fsp3) is 0.720. The second-order valence-corrected chi connectivity index (χ2v) is 10.7. The fourth-order valence-corrected chi connectivity index (χ4v) is 6.01. The zero-order valence-corrected chi connectivity index (χ0v) is 20.6. The number of carbonyl (C=O) groups is 1. The lowest BCUT2D eigenvalue weighted by atomic mass is 9.60. The van der Waals surface area contributed by atoms with Crippen LogP contribution >= 0.6 is 12.4 Å². The van der Waals surface area contributed by atoms with Gasteiger partial charge in [-0.3, -0.25) is 4.90 Å². The summed E-state index contributed by atoms with van der Waals surface area (Å²) in [5.41, 5.74) is 3.97. The minimum absolute atomic E-state index is 0. The number of benzene rings is 1. The largest absolute Gasteiger partial charge is 0.465 e. The zero-order chi connectivity index (χ0) is 21.2. The molecule has 3 rings (SSSR count). The molecule has 1 aliphatic carbocycles. The van der Waals surface area contributed by atoms with Crippen LogP contribution in [0.15, 0.2) is 18.2 Å². The van der Waals surface area contributed by atoms with E-state index in [2.05, 4.69) is 56.6 Å². The monoisotopic (exact) mass is 436 g/mol. The lowest BCUT2D eigenvalue weighted by molar-refractivity contribution is 0.0600. The van der Waals surface area contributed by atoms with Crippen molar-refractivity contribution in [3.05, 3.63) is 29.3 Å². The summed E-state index contributed by atoms with van der Waals surface area (Å²) in [6.07, 6.45) is 4.80. The van der Waals surface area contributed by atoms with Crippen molar-refractivity contribution in [3.8, 4) is 0 Å². The smallest absolute Gasteiger partial charge is 0.337 e. The van der Waals surface area contributed by atoms with Crippen LogP contribution in [-0.2, 0) is 4.74 Å². The molecule has 170 valence electrons. The van der Waals surface area contributed by atoms with Gasteiger partial charge in [0.1, 0.15) is 0 Å². The van der Waals surface area contributed by atoms with Gasteiger partial charge in [-0.2, -0.15) is 0 Å². The van der Waals surface area contributed by atoms with Gasteiger partial charge in [0.2, 0.25) is 0 Å². The van der Waals surface area contributed by atoms with Gasteiger partial charge in [-0.15, -0.1) is 12.4 Å². The molecule has 4 nitrogen and oxygen atoms in total. The number of hydrogen-bond donors (Lipinski definition) is 0. The highest BCUT2D eigenvalue weighted by atomic mass is 35.5. The van der Waals surface area contributed by atoms with Gasteiger partial charge < -0.3 is 9.64 Å². The molecule has 2 fully saturated rings. The van der Waals surface area contributed by atoms with Gasteiger partial charge in [0, 0.05) is 31.9 Å². The number of piperazine rings is 1. The van der Waals surface area contributed by atoms with Crippen LogP contribution in [0.25, 0.3) is 0 Å². The molecule has 1 heterocycles. The highest BCUT2D eigenvalue weighted by Crippen LogP contribution is 2.53. The number of carbonyl (C=O) groups excluding carboxylic acids is 1. The summed E-state index contributed by atoms with van der Waals surface area (Å²) in [4.78, 5) is 17.4. The summed E-state index contributed by atoms with van der Waals surface area (Å²) >= 11 is 0. The minimum atomic E-state index is -0.236. The lowest BCUT2D eigenvalue weighted by Crippen LogP contribution is -2.47. The van der Waals surface area contributed by atoms with E-state index >= 15 is 0 Å². The third-order valence-corrected chi connectivity index (χ3v) is 6.70. The van der Waals surface area contributed by atoms with E-state index in [-0.39, 0.29) is 18.4 Å². The van der Waals surface area contributed by atoms with Gasteiger partial charge in [-0.25, -0.2) is 4.79 Å². The molecule has 1 aromatic rings. The molecule has 0 N–H and O–H groups in total. The van der Waals surface area contributed by atoms with E-state index in [1.165, 1.54) is 50.6 Å². The van der Waals surface area contributed by atoms with E-state index in [0.29, 0.717) is 22.3 Å². The van der Waals surface area contributed by atoms with Crippen molar-refractivity contribution >= 4 is 24.1 Å². The Balaban J connectivity index is 0.00000320. The Morgan fingerprint density at radius 3 is 2.20 bits per heavy atom. The predicted molar refractivity (Wildman–Crippen MR) is 128 cm³/mol. The number of halogens is 1. The topological polar surface area (TPSA) is 32.8 Å². The molecule has 0 unspecified atom stereocenters. The number of esters is 1. The van der Waals surface area contributed by atoms with Gasteiger partial charge in [-0.05, 0) is 72.7 Å². The van der Waals surface area contributed by atoms with Crippen LogP contribution in [0.2, 0.25) is 0 Å². The maximum Gasteiger partial charge on any atom is 0.337 e. The third kappa shape index (κ3) is 5.91. The molecule has 0 amide bonds. The quantitative estimate of drug-likeness (QED) is 0.550. The SMILES string of the molecule is CCCN1CCN(c2ccc(C(=O)OC)cc2C2CC(C)(C)CC(C)(C)C2)CC1.Cl. The highest BCUT2D eigenvalue weighted by Gasteiger charge is 2.40. The number of ether oxygens (including phenoxy) is 1. The van der Waals surface area contributed by atoms with Gasteiger partial charge >= 0.3 is 5.97 Å².